The number of hydrogen-bond acceptors (Lipinski definition) is 7. The van der Waals surface area contributed by atoms with Crippen LogP contribution in [0.4, 0.5) is 10.1 Å². The number of carbonyl (C=O) groups excluding carboxylic acids is 2. The summed E-state index contributed by atoms with van der Waals surface area (Å²) in [5.74, 6) is -2.85. The summed E-state index contributed by atoms with van der Waals surface area (Å²) < 4.78 is 46.9. The maximum Gasteiger partial charge on any atom is 0.309 e. The molecular formula is C23H25FN2O7S. The second-order valence-electron chi connectivity index (χ2n) is 8.23. The highest BCUT2D eigenvalue weighted by atomic mass is 32.2. The van der Waals surface area contributed by atoms with Crippen molar-refractivity contribution >= 4 is 27.5 Å². The van der Waals surface area contributed by atoms with Gasteiger partial charge in [-0.3, -0.25) is 19.7 Å². The van der Waals surface area contributed by atoms with E-state index in [1.54, 1.807) is 6.07 Å². The number of ether oxygens (including phenoxy) is 1. The summed E-state index contributed by atoms with van der Waals surface area (Å²) in [6.07, 6.45) is 2.05. The van der Waals surface area contributed by atoms with Crippen LogP contribution in [0.2, 0.25) is 0 Å². The van der Waals surface area contributed by atoms with Crippen molar-refractivity contribution in [1.29, 1.82) is 0 Å². The average molecular weight is 493 g/mol. The number of rotatable bonds is 10. The highest BCUT2D eigenvalue weighted by molar-refractivity contribution is 7.89. The lowest BCUT2D eigenvalue weighted by atomic mass is 9.91. The molecule has 1 N–H and O–H groups in total. The molecule has 1 aliphatic rings. The SMILES string of the molecule is COC(=O)[C@@H](CC(=O)[C@H](C)NS(=O)(=O)c1ccccc1[N+](=O)[O-])Cc1cc2c(cc1F)CCC2. The number of para-hydroxylation sites is 1. The number of hydrogen-bond donors (Lipinski definition) is 1. The van der Waals surface area contributed by atoms with Crippen molar-refractivity contribution in [3.63, 3.8) is 0 Å². The number of esters is 1. The van der Waals surface area contributed by atoms with E-state index in [2.05, 4.69) is 4.72 Å². The third-order valence-corrected chi connectivity index (χ3v) is 7.46. The Bertz CT molecular complexity index is 1230. The standard InChI is InChI=1S/C23H25FN2O7S/c1-14(25-34(31,32)22-9-4-3-8-20(22)26(29)30)21(27)13-18(23(28)33-2)11-17-10-15-6-5-7-16(15)12-19(17)24/h3-4,8-10,12,14,18,25H,5-7,11,13H2,1-2H3/t14-,18+/m0/s1. The molecule has 0 unspecified atom stereocenters. The van der Waals surface area contributed by atoms with E-state index in [0.717, 1.165) is 49.6 Å². The van der Waals surface area contributed by atoms with Crippen LogP contribution in [-0.2, 0) is 43.6 Å². The van der Waals surface area contributed by atoms with Gasteiger partial charge in [-0.25, -0.2) is 17.5 Å². The maximum absolute atomic E-state index is 14.6. The van der Waals surface area contributed by atoms with E-state index in [9.17, 15) is 32.5 Å². The number of sulfonamides is 1. The van der Waals surface area contributed by atoms with Crippen molar-refractivity contribution in [3.05, 3.63) is 69.0 Å². The number of nitrogens with one attached hydrogen (secondary N) is 1. The Labute approximate surface area is 196 Å². The molecule has 34 heavy (non-hydrogen) atoms. The molecule has 0 amide bonds. The Morgan fingerprint density at radius 3 is 2.50 bits per heavy atom. The van der Waals surface area contributed by atoms with Crippen molar-refractivity contribution in [1.82, 2.24) is 4.72 Å². The molecule has 0 aromatic heterocycles. The monoisotopic (exact) mass is 492 g/mol. The van der Waals surface area contributed by atoms with Crippen LogP contribution in [0.3, 0.4) is 0 Å². The van der Waals surface area contributed by atoms with Crippen LogP contribution >= 0.6 is 0 Å². The first-order valence-electron chi connectivity index (χ1n) is 10.7. The summed E-state index contributed by atoms with van der Waals surface area (Å²) in [4.78, 5) is 34.9. The summed E-state index contributed by atoms with van der Waals surface area (Å²) in [5.41, 5.74) is 1.60. The van der Waals surface area contributed by atoms with E-state index in [-0.39, 0.29) is 12.0 Å². The van der Waals surface area contributed by atoms with E-state index < -0.39 is 61.5 Å². The molecule has 9 nitrogen and oxygen atoms in total. The number of methoxy groups -OCH3 is 1. The maximum atomic E-state index is 14.6. The second-order valence-corrected chi connectivity index (χ2v) is 9.91. The molecule has 0 heterocycles. The molecule has 1 aliphatic carbocycles. The first kappa shape index (κ1) is 25.4. The lowest BCUT2D eigenvalue weighted by Gasteiger charge is -2.18. The quantitative estimate of drug-likeness (QED) is 0.306. The molecule has 11 heteroatoms. The molecule has 0 spiro atoms. The average Bonchev–Trinajstić information content (AvgIpc) is 3.24. The van der Waals surface area contributed by atoms with Gasteiger partial charge in [0, 0.05) is 12.5 Å². The molecule has 3 rings (SSSR count). The molecule has 0 saturated heterocycles. The van der Waals surface area contributed by atoms with Gasteiger partial charge in [-0.05, 0) is 61.4 Å². The predicted molar refractivity (Wildman–Crippen MR) is 120 cm³/mol. The van der Waals surface area contributed by atoms with E-state index in [1.807, 2.05) is 0 Å². The zero-order valence-corrected chi connectivity index (χ0v) is 19.6. The zero-order chi connectivity index (χ0) is 25.0. The third kappa shape index (κ3) is 5.65. The number of fused-ring (bicyclic) bond motifs is 1. The van der Waals surface area contributed by atoms with Crippen molar-refractivity contribution in [2.75, 3.05) is 7.11 Å². The number of Topliss-reactive ketones (excluding diaryl/α,β-unsaturated/α-hetero) is 1. The van der Waals surface area contributed by atoms with Crippen LogP contribution < -0.4 is 4.72 Å². The Hall–Kier alpha value is -3.18. The number of nitro groups is 1. The van der Waals surface area contributed by atoms with Gasteiger partial charge in [0.2, 0.25) is 10.0 Å². The molecule has 0 saturated carbocycles. The van der Waals surface area contributed by atoms with Gasteiger partial charge < -0.3 is 4.74 Å². The van der Waals surface area contributed by atoms with Gasteiger partial charge >= 0.3 is 5.97 Å². The second kappa shape index (κ2) is 10.4. The van der Waals surface area contributed by atoms with Gasteiger partial charge in [0.25, 0.3) is 5.69 Å². The van der Waals surface area contributed by atoms with Gasteiger partial charge in [0.15, 0.2) is 10.7 Å². The normalized spacial score (nSPS) is 14.8. The number of benzene rings is 2. The minimum absolute atomic E-state index is 0.0822. The van der Waals surface area contributed by atoms with Crippen LogP contribution in [0.25, 0.3) is 0 Å². The van der Waals surface area contributed by atoms with Crippen LogP contribution in [0.15, 0.2) is 41.3 Å². The van der Waals surface area contributed by atoms with E-state index in [1.165, 1.54) is 25.1 Å². The molecule has 2 aromatic carbocycles. The van der Waals surface area contributed by atoms with Gasteiger partial charge in [-0.1, -0.05) is 18.2 Å². The van der Waals surface area contributed by atoms with Crippen LogP contribution in [0.1, 0.15) is 36.5 Å². The number of nitrogens with zero attached hydrogens (tertiary/aromatic N) is 1. The lowest BCUT2D eigenvalue weighted by molar-refractivity contribution is -0.387. The number of halogens is 1. The summed E-state index contributed by atoms with van der Waals surface area (Å²) >= 11 is 0. The van der Waals surface area contributed by atoms with E-state index >= 15 is 0 Å². The van der Waals surface area contributed by atoms with Crippen molar-refractivity contribution < 1.29 is 32.1 Å². The zero-order valence-electron chi connectivity index (χ0n) is 18.7. The van der Waals surface area contributed by atoms with Gasteiger partial charge in [0.05, 0.1) is 24.0 Å². The van der Waals surface area contributed by atoms with E-state index in [0.29, 0.717) is 0 Å². The summed E-state index contributed by atoms with van der Waals surface area (Å²) in [5, 5.41) is 11.2. The lowest BCUT2D eigenvalue weighted by Crippen LogP contribution is -2.40. The summed E-state index contributed by atoms with van der Waals surface area (Å²) in [6.45, 7) is 1.28. The van der Waals surface area contributed by atoms with Crippen LogP contribution in [0.5, 0.6) is 0 Å². The summed E-state index contributed by atoms with van der Waals surface area (Å²) in [7, 11) is -3.25. The minimum Gasteiger partial charge on any atom is -0.469 e. The Morgan fingerprint density at radius 1 is 1.21 bits per heavy atom. The molecular weight excluding hydrogens is 467 g/mol. The molecule has 2 aromatic rings. The topological polar surface area (TPSA) is 133 Å². The van der Waals surface area contributed by atoms with E-state index in [4.69, 9.17) is 4.74 Å². The molecule has 0 radical (unpaired) electrons. The first-order chi connectivity index (χ1) is 16.0. The molecule has 0 bridgehead atoms. The van der Waals surface area contributed by atoms with Gasteiger partial charge in [-0.15, -0.1) is 0 Å². The number of carbonyl (C=O) groups is 2. The smallest absolute Gasteiger partial charge is 0.309 e. The highest BCUT2D eigenvalue weighted by Crippen LogP contribution is 2.28. The highest BCUT2D eigenvalue weighted by Gasteiger charge is 2.31. The Kier molecular flexibility index (Phi) is 7.78. The fourth-order valence-electron chi connectivity index (χ4n) is 4.09. The Morgan fingerprint density at radius 2 is 1.85 bits per heavy atom. The molecule has 2 atom stereocenters. The summed E-state index contributed by atoms with van der Waals surface area (Å²) in [6, 6.07) is 6.63. The fourth-order valence-corrected chi connectivity index (χ4v) is 5.49. The largest absolute Gasteiger partial charge is 0.469 e. The molecule has 182 valence electrons. The van der Waals surface area contributed by atoms with Crippen molar-refractivity contribution in [3.8, 4) is 0 Å². The predicted octanol–water partition coefficient (Wildman–Crippen LogP) is 2.88. The Balaban J connectivity index is 1.76. The molecule has 0 aliphatic heterocycles. The molecule has 0 fully saturated rings. The van der Waals surface area contributed by atoms with Crippen LogP contribution in [0, 0.1) is 21.8 Å². The van der Waals surface area contributed by atoms with Crippen molar-refractivity contribution in [2.24, 2.45) is 5.92 Å². The number of ketones is 1. The number of nitro benzene ring substituents is 1. The van der Waals surface area contributed by atoms with Gasteiger partial charge in [0.1, 0.15) is 5.82 Å². The van der Waals surface area contributed by atoms with Crippen molar-refractivity contribution in [2.45, 2.75) is 50.0 Å². The van der Waals surface area contributed by atoms with Gasteiger partial charge in [-0.2, -0.15) is 0 Å². The third-order valence-electron chi connectivity index (χ3n) is 5.88. The minimum atomic E-state index is -4.40. The number of aryl methyl sites for hydroxylation is 2. The van der Waals surface area contributed by atoms with Crippen LogP contribution in [-0.4, -0.2) is 38.2 Å². The first-order valence-corrected chi connectivity index (χ1v) is 12.2. The fraction of sp³-hybridized carbons (Fsp3) is 0.391.